The summed E-state index contributed by atoms with van der Waals surface area (Å²) in [6.07, 6.45) is 0.724. The van der Waals surface area contributed by atoms with Crippen LogP contribution in [0.1, 0.15) is 59.3 Å². The van der Waals surface area contributed by atoms with Crippen molar-refractivity contribution < 1.29 is 43.5 Å². The highest BCUT2D eigenvalue weighted by Crippen LogP contribution is 2.23. The average Bonchev–Trinajstić information content (AvgIpc) is 3.28. The molecule has 0 aromatic carbocycles. The van der Waals surface area contributed by atoms with Crippen molar-refractivity contribution in [2.45, 2.75) is 77.4 Å². The van der Waals surface area contributed by atoms with E-state index in [1.165, 1.54) is 11.8 Å². The monoisotopic (exact) mass is 679 g/mol. The van der Waals surface area contributed by atoms with Crippen LogP contribution < -0.4 is 27.4 Å². The molecule has 2 aliphatic heterocycles. The number of amides is 6. The van der Waals surface area contributed by atoms with Gasteiger partial charge in [-0.05, 0) is 32.1 Å². The molecule has 6 amide bonds. The maximum absolute atomic E-state index is 13.7. The van der Waals surface area contributed by atoms with Crippen LogP contribution in [0.15, 0.2) is 4.99 Å². The fourth-order valence-corrected chi connectivity index (χ4v) is 5.75. The molecule has 4 atom stereocenters. The minimum absolute atomic E-state index is 0.0354. The Bertz CT molecular complexity index is 1230. The first kappa shape index (κ1) is 39.6. The largest absolute Gasteiger partial charge is 0.481 e. The summed E-state index contributed by atoms with van der Waals surface area (Å²) in [5.41, 5.74) is 10.8. The van der Waals surface area contributed by atoms with Crippen LogP contribution in [0.5, 0.6) is 0 Å². The van der Waals surface area contributed by atoms with Crippen LogP contribution in [-0.2, 0) is 33.6 Å². The Labute approximate surface area is 279 Å². The van der Waals surface area contributed by atoms with E-state index in [-0.39, 0.29) is 94.9 Å². The molecule has 2 rings (SSSR count). The maximum Gasteiger partial charge on any atom is 0.325 e. The van der Waals surface area contributed by atoms with Crippen molar-refractivity contribution in [1.82, 2.24) is 30.7 Å². The Hall–Kier alpha value is -4.61. The molecule has 0 radical (unpaired) electrons. The Morgan fingerprint density at radius 3 is 2.31 bits per heavy atom. The number of piperazine rings is 1. The number of nitrogens with one attached hydrogen (secondary N) is 3. The van der Waals surface area contributed by atoms with Crippen molar-refractivity contribution >= 4 is 53.7 Å². The third kappa shape index (κ3) is 12.2. The second kappa shape index (κ2) is 19.3. The predicted molar refractivity (Wildman–Crippen MR) is 172 cm³/mol. The molecule has 48 heavy (non-hydrogen) atoms. The Morgan fingerprint density at radius 1 is 1.08 bits per heavy atom. The van der Waals surface area contributed by atoms with Gasteiger partial charge in [0.05, 0.1) is 12.5 Å². The van der Waals surface area contributed by atoms with Crippen molar-refractivity contribution in [2.75, 3.05) is 45.8 Å². The fraction of sp³-hybridized carbons (Fsp3) is 0.700. The minimum Gasteiger partial charge on any atom is -0.481 e. The number of carboxylic acids is 1. The van der Waals surface area contributed by atoms with Gasteiger partial charge in [-0.25, -0.2) is 9.69 Å². The third-order valence-electron chi connectivity index (χ3n) is 8.15. The standard InChI is InChI=1S/C30H49N9O9/c1-18(2)13-22(39-27(46)21(15-25(43)44)36-30(39)48)28(47)38-11-9-37(10-12-38)23(16-33-17-40)24(42)14-20(5-4-7-35-29(31)32)26(45)34-8-6-19(3)41/h17-18,20-23H,4-16H2,1-3H3,(H,33,40)(H,34,45)(H,36,48)(H,43,44)(H4,31,32,35)/t20-,21+,22-,23+/m1/s1. The third-order valence-corrected chi connectivity index (χ3v) is 8.15. The molecule has 2 aliphatic rings. The van der Waals surface area contributed by atoms with Crippen LogP contribution in [0.4, 0.5) is 4.79 Å². The second-order valence-corrected chi connectivity index (χ2v) is 12.4. The van der Waals surface area contributed by atoms with Gasteiger partial charge in [-0.2, -0.15) is 0 Å². The van der Waals surface area contributed by atoms with Crippen molar-refractivity contribution in [3.63, 3.8) is 0 Å². The molecule has 2 fully saturated rings. The number of nitrogens with two attached hydrogens (primary N) is 2. The molecular weight excluding hydrogens is 630 g/mol. The van der Waals surface area contributed by atoms with Crippen molar-refractivity contribution in [2.24, 2.45) is 28.3 Å². The van der Waals surface area contributed by atoms with Gasteiger partial charge in [-0.15, -0.1) is 0 Å². The number of carbonyl (C=O) groups is 8. The summed E-state index contributed by atoms with van der Waals surface area (Å²) >= 11 is 0. The lowest BCUT2D eigenvalue weighted by Gasteiger charge is -2.40. The molecule has 8 N–H and O–H groups in total. The summed E-state index contributed by atoms with van der Waals surface area (Å²) in [7, 11) is 0. The maximum atomic E-state index is 13.7. The van der Waals surface area contributed by atoms with Gasteiger partial charge in [0.1, 0.15) is 17.9 Å². The molecule has 18 nitrogen and oxygen atoms in total. The summed E-state index contributed by atoms with van der Waals surface area (Å²) < 4.78 is 0. The lowest BCUT2D eigenvalue weighted by Crippen LogP contribution is -2.60. The Kier molecular flexibility index (Phi) is 15.9. The van der Waals surface area contributed by atoms with E-state index in [4.69, 9.17) is 16.6 Å². The zero-order chi connectivity index (χ0) is 36.0. The summed E-state index contributed by atoms with van der Waals surface area (Å²) in [4.78, 5) is 108. The molecule has 268 valence electrons. The zero-order valence-electron chi connectivity index (χ0n) is 27.8. The van der Waals surface area contributed by atoms with E-state index in [1.54, 1.807) is 4.90 Å². The van der Waals surface area contributed by atoms with E-state index in [2.05, 4.69) is 20.9 Å². The normalized spacial score (nSPS) is 18.5. The zero-order valence-corrected chi connectivity index (χ0v) is 27.8. The number of aliphatic carboxylic acids is 1. The van der Waals surface area contributed by atoms with Crippen molar-refractivity contribution in [3.8, 4) is 0 Å². The highest BCUT2D eigenvalue weighted by molar-refractivity contribution is 6.08. The number of carbonyl (C=O) groups excluding carboxylic acids is 7. The molecular formula is C30H49N9O9. The van der Waals surface area contributed by atoms with Crippen LogP contribution >= 0.6 is 0 Å². The smallest absolute Gasteiger partial charge is 0.325 e. The lowest BCUT2D eigenvalue weighted by atomic mass is 9.92. The van der Waals surface area contributed by atoms with Gasteiger partial charge in [-0.3, -0.25) is 43.5 Å². The van der Waals surface area contributed by atoms with E-state index < -0.39 is 60.2 Å². The molecule has 0 aromatic heterocycles. The molecule has 0 saturated carbocycles. The molecule has 0 aliphatic carbocycles. The molecule has 18 heteroatoms. The molecule has 0 bridgehead atoms. The highest BCUT2D eigenvalue weighted by Gasteiger charge is 2.47. The van der Waals surface area contributed by atoms with Crippen LogP contribution in [0.25, 0.3) is 0 Å². The quantitative estimate of drug-likeness (QED) is 0.0248. The number of Topliss-reactive ketones (excluding diaryl/α,β-unsaturated/α-hetero) is 2. The van der Waals surface area contributed by atoms with E-state index >= 15 is 0 Å². The first-order valence-electron chi connectivity index (χ1n) is 16.1. The van der Waals surface area contributed by atoms with Gasteiger partial charge in [0.2, 0.25) is 18.2 Å². The number of rotatable bonds is 21. The van der Waals surface area contributed by atoms with Crippen LogP contribution in [-0.4, -0.2) is 137 Å². The van der Waals surface area contributed by atoms with Crippen molar-refractivity contribution in [1.29, 1.82) is 0 Å². The number of ketones is 2. The Morgan fingerprint density at radius 2 is 1.75 bits per heavy atom. The van der Waals surface area contributed by atoms with Gasteiger partial charge in [0.25, 0.3) is 5.91 Å². The molecule has 0 unspecified atom stereocenters. The van der Waals surface area contributed by atoms with Crippen LogP contribution in [0, 0.1) is 11.8 Å². The Balaban J connectivity index is 2.16. The van der Waals surface area contributed by atoms with E-state index in [0.29, 0.717) is 12.8 Å². The first-order chi connectivity index (χ1) is 22.7. The number of aliphatic imine (C=N–C) groups is 1. The molecule has 2 saturated heterocycles. The lowest BCUT2D eigenvalue weighted by molar-refractivity contribution is -0.145. The number of guanidine groups is 1. The number of hydrogen-bond donors (Lipinski definition) is 6. The topological polar surface area (TPSA) is 267 Å². The summed E-state index contributed by atoms with van der Waals surface area (Å²) in [5.74, 6) is -4.23. The summed E-state index contributed by atoms with van der Waals surface area (Å²) in [5, 5.41) is 16.7. The van der Waals surface area contributed by atoms with Crippen molar-refractivity contribution in [3.05, 3.63) is 0 Å². The molecule has 0 aromatic rings. The van der Waals surface area contributed by atoms with Crippen LogP contribution in [0.3, 0.4) is 0 Å². The SMILES string of the molecule is CC(=O)CCNC(=O)[C@H](CCCN=C(N)N)CC(=O)[C@H](CNC=O)N1CCN(C(=O)[C@@H](CC(C)C)N2C(=O)N[C@@H](CC(=O)O)C2=O)CC1. The number of imide groups is 1. The van der Waals surface area contributed by atoms with Crippen LogP contribution in [0.2, 0.25) is 0 Å². The summed E-state index contributed by atoms with van der Waals surface area (Å²) in [6.45, 7) is 6.15. The van der Waals surface area contributed by atoms with Gasteiger partial charge in [0, 0.05) is 64.6 Å². The van der Waals surface area contributed by atoms with E-state index in [9.17, 15) is 38.4 Å². The van der Waals surface area contributed by atoms with Gasteiger partial charge >= 0.3 is 12.0 Å². The van der Waals surface area contributed by atoms with Gasteiger partial charge < -0.3 is 37.4 Å². The van der Waals surface area contributed by atoms with Gasteiger partial charge in [-0.1, -0.05) is 13.8 Å². The molecule has 0 spiro atoms. The number of urea groups is 1. The minimum atomic E-state index is -1.27. The average molecular weight is 680 g/mol. The van der Waals surface area contributed by atoms with E-state index in [0.717, 1.165) is 4.90 Å². The summed E-state index contributed by atoms with van der Waals surface area (Å²) in [6, 6.07) is -4.05. The van der Waals surface area contributed by atoms with E-state index in [1.807, 2.05) is 13.8 Å². The predicted octanol–water partition coefficient (Wildman–Crippen LogP) is -2.22. The molecule has 2 heterocycles. The highest BCUT2D eigenvalue weighted by atomic mass is 16.4. The first-order valence-corrected chi connectivity index (χ1v) is 16.1. The fourth-order valence-electron chi connectivity index (χ4n) is 5.75. The second-order valence-electron chi connectivity index (χ2n) is 12.4. The number of nitrogens with zero attached hydrogens (tertiary/aromatic N) is 4. The number of carboxylic acid groups (broad SMARTS) is 1. The number of hydrogen-bond acceptors (Lipinski definition) is 10. The van der Waals surface area contributed by atoms with Gasteiger partial charge in [0.15, 0.2) is 11.7 Å².